The first-order valence-corrected chi connectivity index (χ1v) is 9.48. The van der Waals surface area contributed by atoms with Crippen molar-refractivity contribution >= 4 is 15.7 Å². The second-order valence-electron chi connectivity index (χ2n) is 6.16. The maximum Gasteiger partial charge on any atom is 0.220 e. The summed E-state index contributed by atoms with van der Waals surface area (Å²) in [7, 11) is -0.713. The van der Waals surface area contributed by atoms with Gasteiger partial charge in [-0.2, -0.15) is 0 Å². The zero-order valence-electron chi connectivity index (χ0n) is 12.3. The Labute approximate surface area is 122 Å². The molecule has 0 radical (unpaired) electrons. The van der Waals surface area contributed by atoms with E-state index in [-0.39, 0.29) is 23.5 Å². The average molecular weight is 302 g/mol. The van der Waals surface area contributed by atoms with Gasteiger partial charge in [-0.15, -0.1) is 0 Å². The van der Waals surface area contributed by atoms with Gasteiger partial charge in [0.25, 0.3) is 0 Å². The molecule has 2 fully saturated rings. The van der Waals surface area contributed by atoms with Gasteiger partial charge in [-0.3, -0.25) is 4.79 Å². The highest BCUT2D eigenvalue weighted by molar-refractivity contribution is 7.91. The molecule has 0 aromatic rings. The first-order chi connectivity index (χ1) is 9.46. The predicted octanol–water partition coefficient (Wildman–Crippen LogP) is 0.944. The Hall–Kier alpha value is -0.620. The number of amides is 1. The van der Waals surface area contributed by atoms with Crippen molar-refractivity contribution in [3.63, 3.8) is 0 Å². The van der Waals surface area contributed by atoms with Crippen LogP contribution in [0.1, 0.15) is 44.9 Å². The molecule has 2 saturated heterocycles. The van der Waals surface area contributed by atoms with Gasteiger partial charge >= 0.3 is 0 Å². The molecule has 2 aliphatic heterocycles. The van der Waals surface area contributed by atoms with Gasteiger partial charge in [-0.1, -0.05) is 6.42 Å². The number of rotatable bonds is 4. The SMILES string of the molecule is CN1CCCC[C@H]1CCC(=O)NC1CCS(=O)(=O)CC1. The molecule has 1 atom stereocenters. The molecule has 2 rings (SSSR count). The Bertz CT molecular complexity index is 422. The highest BCUT2D eigenvalue weighted by Crippen LogP contribution is 2.19. The van der Waals surface area contributed by atoms with Gasteiger partial charge in [0.2, 0.25) is 5.91 Å². The highest BCUT2D eigenvalue weighted by Gasteiger charge is 2.25. The number of nitrogens with one attached hydrogen (secondary N) is 1. The fourth-order valence-electron chi connectivity index (χ4n) is 3.14. The number of carbonyl (C=O) groups excluding carboxylic acids is 1. The molecule has 1 N–H and O–H groups in total. The topological polar surface area (TPSA) is 66.5 Å². The van der Waals surface area contributed by atoms with E-state index in [1.165, 1.54) is 19.3 Å². The molecule has 20 heavy (non-hydrogen) atoms. The predicted molar refractivity (Wildman–Crippen MR) is 79.3 cm³/mol. The van der Waals surface area contributed by atoms with E-state index < -0.39 is 9.84 Å². The van der Waals surface area contributed by atoms with Crippen molar-refractivity contribution in [2.45, 2.75) is 57.0 Å². The summed E-state index contributed by atoms with van der Waals surface area (Å²) in [6, 6.07) is 0.580. The van der Waals surface area contributed by atoms with Crippen molar-refractivity contribution < 1.29 is 13.2 Å². The molecule has 0 saturated carbocycles. The number of nitrogens with zero attached hydrogens (tertiary/aromatic N) is 1. The molecule has 0 aliphatic carbocycles. The fraction of sp³-hybridized carbons (Fsp3) is 0.929. The lowest BCUT2D eigenvalue weighted by Crippen LogP contribution is -2.42. The van der Waals surface area contributed by atoms with Crippen LogP contribution >= 0.6 is 0 Å². The summed E-state index contributed by atoms with van der Waals surface area (Å²) in [6.45, 7) is 1.13. The third-order valence-electron chi connectivity index (χ3n) is 4.55. The van der Waals surface area contributed by atoms with E-state index in [9.17, 15) is 13.2 Å². The van der Waals surface area contributed by atoms with Crippen LogP contribution in [0, 0.1) is 0 Å². The van der Waals surface area contributed by atoms with Crippen LogP contribution in [-0.2, 0) is 14.6 Å². The second kappa shape index (κ2) is 6.89. The molecule has 6 heteroatoms. The lowest BCUT2D eigenvalue weighted by Gasteiger charge is -2.32. The van der Waals surface area contributed by atoms with E-state index in [1.807, 2.05) is 0 Å². The number of sulfone groups is 1. The van der Waals surface area contributed by atoms with Crippen molar-refractivity contribution in [3.05, 3.63) is 0 Å². The molecule has 2 heterocycles. The summed E-state index contributed by atoms with van der Waals surface area (Å²) in [5.41, 5.74) is 0. The normalized spacial score (nSPS) is 28.1. The molecule has 5 nitrogen and oxygen atoms in total. The van der Waals surface area contributed by atoms with Crippen LogP contribution in [0.15, 0.2) is 0 Å². The van der Waals surface area contributed by atoms with E-state index in [0.29, 0.717) is 25.3 Å². The smallest absolute Gasteiger partial charge is 0.220 e. The molecular formula is C14H26N2O3S. The number of hydrogen-bond acceptors (Lipinski definition) is 4. The van der Waals surface area contributed by atoms with Gasteiger partial charge < -0.3 is 10.2 Å². The Kier molecular flexibility index (Phi) is 5.43. The standard InChI is InChI=1S/C14H26N2O3S/c1-16-9-3-2-4-13(16)5-6-14(17)15-12-7-10-20(18,19)11-8-12/h12-13H,2-11H2,1H3,(H,15,17)/t13-/m0/s1. The third kappa shape index (κ3) is 4.74. The summed E-state index contributed by atoms with van der Waals surface area (Å²) in [5.74, 6) is 0.500. The van der Waals surface area contributed by atoms with E-state index in [0.717, 1.165) is 13.0 Å². The quantitative estimate of drug-likeness (QED) is 0.839. The van der Waals surface area contributed by atoms with Gasteiger partial charge in [0, 0.05) is 18.5 Å². The molecule has 2 aliphatic rings. The van der Waals surface area contributed by atoms with Crippen LogP contribution in [0.3, 0.4) is 0 Å². The minimum atomic E-state index is -2.85. The van der Waals surface area contributed by atoms with Crippen molar-refractivity contribution in [2.75, 3.05) is 25.1 Å². The lowest BCUT2D eigenvalue weighted by molar-refractivity contribution is -0.122. The number of piperidine rings is 1. The number of hydrogen-bond donors (Lipinski definition) is 1. The van der Waals surface area contributed by atoms with Crippen LogP contribution in [0.5, 0.6) is 0 Å². The van der Waals surface area contributed by atoms with Crippen LogP contribution in [-0.4, -0.2) is 56.4 Å². The van der Waals surface area contributed by atoms with Gasteiger partial charge in [0.15, 0.2) is 0 Å². The Morgan fingerprint density at radius 2 is 1.90 bits per heavy atom. The molecular weight excluding hydrogens is 276 g/mol. The molecule has 0 spiro atoms. The summed E-state index contributed by atoms with van der Waals surface area (Å²) in [4.78, 5) is 14.3. The maximum atomic E-state index is 11.9. The van der Waals surface area contributed by atoms with Crippen LogP contribution in [0.4, 0.5) is 0 Å². The van der Waals surface area contributed by atoms with Crippen molar-refractivity contribution in [3.8, 4) is 0 Å². The van der Waals surface area contributed by atoms with Crippen LogP contribution in [0.25, 0.3) is 0 Å². The second-order valence-corrected chi connectivity index (χ2v) is 8.47. The van der Waals surface area contributed by atoms with Gasteiger partial charge in [-0.05, 0) is 45.7 Å². The van der Waals surface area contributed by atoms with E-state index in [1.54, 1.807) is 0 Å². The first kappa shape index (κ1) is 15.8. The summed E-state index contributed by atoms with van der Waals surface area (Å²) in [5, 5.41) is 2.99. The molecule has 0 unspecified atom stereocenters. The maximum absolute atomic E-state index is 11.9. The van der Waals surface area contributed by atoms with E-state index >= 15 is 0 Å². The van der Waals surface area contributed by atoms with Gasteiger partial charge in [0.1, 0.15) is 9.84 Å². The van der Waals surface area contributed by atoms with Crippen molar-refractivity contribution in [2.24, 2.45) is 0 Å². The fourth-order valence-corrected chi connectivity index (χ4v) is 4.63. The van der Waals surface area contributed by atoms with Crippen LogP contribution in [0.2, 0.25) is 0 Å². The summed E-state index contributed by atoms with van der Waals surface area (Å²) >= 11 is 0. The largest absolute Gasteiger partial charge is 0.353 e. The van der Waals surface area contributed by atoms with Gasteiger partial charge in [-0.25, -0.2) is 8.42 Å². The average Bonchev–Trinajstić information content (AvgIpc) is 2.40. The number of carbonyl (C=O) groups is 1. The molecule has 0 aromatic heterocycles. The Morgan fingerprint density at radius 3 is 2.55 bits per heavy atom. The zero-order valence-corrected chi connectivity index (χ0v) is 13.1. The number of likely N-dealkylation sites (tertiary alicyclic amines) is 1. The zero-order chi connectivity index (χ0) is 14.6. The molecule has 1 amide bonds. The molecule has 116 valence electrons. The van der Waals surface area contributed by atoms with E-state index in [4.69, 9.17) is 0 Å². The van der Waals surface area contributed by atoms with Crippen molar-refractivity contribution in [1.29, 1.82) is 0 Å². The minimum absolute atomic E-state index is 0.0510. The van der Waals surface area contributed by atoms with E-state index in [2.05, 4.69) is 17.3 Å². The third-order valence-corrected chi connectivity index (χ3v) is 6.26. The van der Waals surface area contributed by atoms with Gasteiger partial charge in [0.05, 0.1) is 11.5 Å². The van der Waals surface area contributed by atoms with Crippen molar-refractivity contribution in [1.82, 2.24) is 10.2 Å². The molecule has 0 aromatic carbocycles. The minimum Gasteiger partial charge on any atom is -0.353 e. The highest BCUT2D eigenvalue weighted by atomic mass is 32.2. The molecule has 0 bridgehead atoms. The first-order valence-electron chi connectivity index (χ1n) is 7.66. The monoisotopic (exact) mass is 302 g/mol. The summed E-state index contributed by atoms with van der Waals surface area (Å²) < 4.78 is 22.7. The Morgan fingerprint density at radius 1 is 1.20 bits per heavy atom. The van der Waals surface area contributed by atoms with Crippen LogP contribution < -0.4 is 5.32 Å². The Balaban J connectivity index is 1.68. The lowest BCUT2D eigenvalue weighted by atomic mass is 9.98. The summed E-state index contributed by atoms with van der Waals surface area (Å²) in [6.07, 6.45) is 6.30.